The van der Waals surface area contributed by atoms with E-state index in [1.807, 2.05) is 55.3 Å². The van der Waals surface area contributed by atoms with E-state index < -0.39 is 0 Å². The van der Waals surface area contributed by atoms with Gasteiger partial charge in [-0.05, 0) is 43.5 Å². The second-order valence-corrected chi connectivity index (χ2v) is 8.62. The Bertz CT molecular complexity index is 1200. The Labute approximate surface area is 193 Å². The van der Waals surface area contributed by atoms with E-state index in [-0.39, 0.29) is 24.5 Å². The maximum Gasteiger partial charge on any atom is 0.257 e. The molecule has 1 N–H and O–H groups in total. The number of fused-ring (bicyclic) bond motifs is 6. The maximum absolute atomic E-state index is 13.4. The van der Waals surface area contributed by atoms with Gasteiger partial charge in [0.05, 0.1) is 16.9 Å². The largest absolute Gasteiger partial charge is 0.382 e. The molecule has 5 rings (SSSR count). The van der Waals surface area contributed by atoms with E-state index in [4.69, 9.17) is 4.74 Å². The van der Waals surface area contributed by atoms with Crippen LogP contribution in [0.25, 0.3) is 10.9 Å². The number of para-hydroxylation sites is 2. The Kier molecular flexibility index (Phi) is 5.81. The van der Waals surface area contributed by atoms with Crippen LogP contribution in [0.15, 0.2) is 48.5 Å². The quantitative estimate of drug-likeness (QED) is 0.566. The third-order valence-electron chi connectivity index (χ3n) is 6.70. The summed E-state index contributed by atoms with van der Waals surface area (Å²) in [5, 5.41) is 4.19. The number of amides is 2. The first-order valence-electron chi connectivity index (χ1n) is 11.7. The zero-order valence-corrected chi connectivity index (χ0v) is 19.2. The van der Waals surface area contributed by atoms with Crippen LogP contribution >= 0.6 is 0 Å². The fourth-order valence-corrected chi connectivity index (χ4v) is 5.22. The van der Waals surface area contributed by atoms with Crippen LogP contribution < -0.4 is 10.2 Å². The van der Waals surface area contributed by atoms with Crippen molar-refractivity contribution in [3.63, 3.8) is 0 Å². The van der Waals surface area contributed by atoms with Gasteiger partial charge in [0, 0.05) is 44.3 Å². The maximum atomic E-state index is 13.4. The molecule has 0 saturated carbocycles. The predicted molar refractivity (Wildman–Crippen MR) is 128 cm³/mol. The molecular formula is C26H30N4O3. The standard InChI is InChI=1S/C26H30N4O3/c1-3-33-16-8-14-27-23(31)17-30-22-12-7-4-9-18(22)19-13-15-29-25(24(19)30)28(2)21-11-6-5-10-20(21)26(29)32/h4-7,9-12,25H,3,8,13-17H2,1-2H3,(H,27,31)/t25-/m1/s1. The van der Waals surface area contributed by atoms with Gasteiger partial charge in [-0.25, -0.2) is 0 Å². The molecule has 2 aromatic carbocycles. The molecule has 33 heavy (non-hydrogen) atoms. The first-order chi connectivity index (χ1) is 16.1. The number of anilines is 1. The Morgan fingerprint density at radius 3 is 2.79 bits per heavy atom. The van der Waals surface area contributed by atoms with E-state index in [9.17, 15) is 9.59 Å². The molecule has 172 valence electrons. The topological polar surface area (TPSA) is 66.8 Å². The van der Waals surface area contributed by atoms with Crippen LogP contribution in [-0.2, 0) is 22.5 Å². The fourth-order valence-electron chi connectivity index (χ4n) is 5.22. The van der Waals surface area contributed by atoms with E-state index in [2.05, 4.69) is 26.9 Å². The van der Waals surface area contributed by atoms with Gasteiger partial charge in [-0.1, -0.05) is 30.3 Å². The zero-order valence-electron chi connectivity index (χ0n) is 19.2. The second kappa shape index (κ2) is 8.90. The lowest BCUT2D eigenvalue weighted by atomic mass is 9.96. The minimum absolute atomic E-state index is 0.0302. The van der Waals surface area contributed by atoms with Crippen LogP contribution in [0.3, 0.4) is 0 Å². The Morgan fingerprint density at radius 1 is 1.15 bits per heavy atom. The number of rotatable bonds is 7. The van der Waals surface area contributed by atoms with Gasteiger partial charge in [0.1, 0.15) is 12.7 Å². The van der Waals surface area contributed by atoms with E-state index in [1.54, 1.807) is 0 Å². The minimum Gasteiger partial charge on any atom is -0.382 e. The average Bonchev–Trinajstić information content (AvgIpc) is 3.15. The first kappa shape index (κ1) is 21.5. The highest BCUT2D eigenvalue weighted by atomic mass is 16.5. The number of carbonyl (C=O) groups is 2. The molecule has 0 unspecified atom stereocenters. The molecule has 1 atom stereocenters. The van der Waals surface area contributed by atoms with E-state index in [0.717, 1.165) is 40.7 Å². The van der Waals surface area contributed by atoms with Crippen molar-refractivity contribution < 1.29 is 14.3 Å². The monoisotopic (exact) mass is 446 g/mol. The highest BCUT2D eigenvalue weighted by Crippen LogP contribution is 2.44. The minimum atomic E-state index is -0.241. The number of nitrogens with zero attached hydrogens (tertiary/aromatic N) is 3. The average molecular weight is 447 g/mol. The lowest BCUT2D eigenvalue weighted by Gasteiger charge is -2.46. The second-order valence-electron chi connectivity index (χ2n) is 8.62. The van der Waals surface area contributed by atoms with Crippen LogP contribution in [0.4, 0.5) is 5.69 Å². The van der Waals surface area contributed by atoms with Crippen molar-refractivity contribution in [3.8, 4) is 0 Å². The molecule has 7 nitrogen and oxygen atoms in total. The summed E-state index contributed by atoms with van der Waals surface area (Å²) in [6, 6.07) is 16.0. The van der Waals surface area contributed by atoms with Crippen LogP contribution in [0, 0.1) is 0 Å². The summed E-state index contributed by atoms with van der Waals surface area (Å²) in [5.74, 6) is 0.0221. The molecule has 0 spiro atoms. The van der Waals surface area contributed by atoms with Crippen LogP contribution in [0.1, 0.15) is 41.1 Å². The molecule has 7 heteroatoms. The summed E-state index contributed by atoms with van der Waals surface area (Å²) in [4.78, 5) is 30.4. The highest BCUT2D eigenvalue weighted by molar-refractivity contribution is 6.02. The lowest BCUT2D eigenvalue weighted by Crippen LogP contribution is -2.51. The third kappa shape index (κ3) is 3.66. The van der Waals surface area contributed by atoms with Gasteiger partial charge in [-0.3, -0.25) is 9.59 Å². The number of nitrogens with one attached hydrogen (secondary N) is 1. The molecular weight excluding hydrogens is 416 g/mol. The summed E-state index contributed by atoms with van der Waals surface area (Å²) in [5.41, 5.74) is 4.96. The normalized spacial score (nSPS) is 17.0. The van der Waals surface area contributed by atoms with Crippen molar-refractivity contribution in [1.82, 2.24) is 14.8 Å². The van der Waals surface area contributed by atoms with Crippen molar-refractivity contribution >= 4 is 28.4 Å². The summed E-state index contributed by atoms with van der Waals surface area (Å²) in [6.45, 7) is 4.76. The van der Waals surface area contributed by atoms with Crippen LogP contribution in [0.5, 0.6) is 0 Å². The van der Waals surface area contributed by atoms with E-state index in [0.29, 0.717) is 26.3 Å². The molecule has 1 aromatic heterocycles. The first-order valence-corrected chi connectivity index (χ1v) is 11.7. The molecule has 2 amide bonds. The van der Waals surface area contributed by atoms with Crippen LogP contribution in [-0.4, -0.2) is 54.6 Å². The number of benzene rings is 2. The van der Waals surface area contributed by atoms with Gasteiger partial charge in [-0.2, -0.15) is 0 Å². The molecule has 3 heterocycles. The molecule has 0 saturated heterocycles. The van der Waals surface area contributed by atoms with E-state index in [1.165, 1.54) is 5.56 Å². The van der Waals surface area contributed by atoms with Gasteiger partial charge in [0.25, 0.3) is 5.91 Å². The highest BCUT2D eigenvalue weighted by Gasteiger charge is 2.42. The molecule has 3 aromatic rings. The Balaban J connectivity index is 1.52. The predicted octanol–water partition coefficient (Wildman–Crippen LogP) is 3.33. The van der Waals surface area contributed by atoms with Crippen molar-refractivity contribution in [2.24, 2.45) is 0 Å². The van der Waals surface area contributed by atoms with E-state index >= 15 is 0 Å². The van der Waals surface area contributed by atoms with Crippen LogP contribution in [0.2, 0.25) is 0 Å². The lowest BCUT2D eigenvalue weighted by molar-refractivity contribution is -0.121. The number of aromatic nitrogens is 1. The number of ether oxygens (including phenoxy) is 1. The number of carbonyl (C=O) groups excluding carboxylic acids is 2. The summed E-state index contributed by atoms with van der Waals surface area (Å²) in [7, 11) is 2.04. The molecule has 0 aliphatic carbocycles. The van der Waals surface area contributed by atoms with Crippen molar-refractivity contribution in [2.75, 3.05) is 38.3 Å². The van der Waals surface area contributed by atoms with Gasteiger partial charge in [-0.15, -0.1) is 0 Å². The number of hydrogen-bond donors (Lipinski definition) is 1. The Hall–Kier alpha value is -3.32. The molecule has 2 aliphatic rings. The summed E-state index contributed by atoms with van der Waals surface area (Å²) in [6.07, 6.45) is 1.32. The molecule has 0 bridgehead atoms. The SMILES string of the molecule is CCOCCCNC(=O)Cn1c2c(c3ccccc31)CCN1C(=O)c3ccccc3N(C)[C@@H]21. The van der Waals surface area contributed by atoms with Gasteiger partial charge < -0.3 is 24.4 Å². The molecule has 2 aliphatic heterocycles. The van der Waals surface area contributed by atoms with Gasteiger partial charge in [0.2, 0.25) is 5.91 Å². The van der Waals surface area contributed by atoms with Crippen molar-refractivity contribution in [2.45, 2.75) is 32.5 Å². The van der Waals surface area contributed by atoms with Gasteiger partial charge in [0.15, 0.2) is 0 Å². The summed E-state index contributed by atoms with van der Waals surface area (Å²) >= 11 is 0. The third-order valence-corrected chi connectivity index (χ3v) is 6.70. The molecule has 0 radical (unpaired) electrons. The summed E-state index contributed by atoms with van der Waals surface area (Å²) < 4.78 is 7.47. The zero-order chi connectivity index (χ0) is 22.9. The van der Waals surface area contributed by atoms with Crippen molar-refractivity contribution in [1.29, 1.82) is 0 Å². The van der Waals surface area contributed by atoms with Gasteiger partial charge >= 0.3 is 0 Å². The molecule has 0 fully saturated rings. The number of hydrogen-bond acceptors (Lipinski definition) is 4. The van der Waals surface area contributed by atoms with Crippen molar-refractivity contribution in [3.05, 3.63) is 65.4 Å². The Morgan fingerprint density at radius 2 is 1.94 bits per heavy atom. The smallest absolute Gasteiger partial charge is 0.257 e. The fraction of sp³-hybridized carbons (Fsp3) is 0.385.